The third-order valence-corrected chi connectivity index (χ3v) is 1.81. The highest BCUT2D eigenvalue weighted by molar-refractivity contribution is 5.75. The second-order valence-electron chi connectivity index (χ2n) is 3.08. The van der Waals surface area contributed by atoms with Crippen LogP contribution in [-0.4, -0.2) is 24.6 Å². The van der Waals surface area contributed by atoms with Crippen molar-refractivity contribution in [2.24, 2.45) is 0 Å². The minimum Gasteiger partial charge on any atom is -0.461 e. The summed E-state index contributed by atoms with van der Waals surface area (Å²) in [5.41, 5.74) is 0. The van der Waals surface area contributed by atoms with E-state index in [0.29, 0.717) is 6.42 Å². The van der Waals surface area contributed by atoms with E-state index in [0.717, 1.165) is 6.42 Å². The average molecular weight is 198 g/mol. The van der Waals surface area contributed by atoms with Gasteiger partial charge in [-0.3, -0.25) is 9.59 Å². The summed E-state index contributed by atoms with van der Waals surface area (Å²) >= 11 is 0. The molecule has 0 spiro atoms. The average Bonchev–Trinajstić information content (AvgIpc) is 2.11. The first-order chi connectivity index (χ1) is 6.72. The molecule has 4 nitrogen and oxygen atoms in total. The van der Waals surface area contributed by atoms with Crippen LogP contribution >= 0.6 is 0 Å². The van der Waals surface area contributed by atoms with E-state index < -0.39 is 0 Å². The molecule has 0 saturated carbocycles. The van der Waals surface area contributed by atoms with Crippen molar-refractivity contribution in [2.75, 3.05) is 6.61 Å². The fourth-order valence-corrected chi connectivity index (χ4v) is 1.05. The normalized spacial score (nSPS) is 20.4. The topological polar surface area (TPSA) is 52.6 Å². The van der Waals surface area contributed by atoms with Crippen molar-refractivity contribution >= 4 is 11.9 Å². The van der Waals surface area contributed by atoms with Crippen LogP contribution in [0.5, 0.6) is 0 Å². The van der Waals surface area contributed by atoms with Crippen LogP contribution in [-0.2, 0) is 19.1 Å². The zero-order chi connectivity index (χ0) is 10.4. The molecule has 1 atom stereocenters. The van der Waals surface area contributed by atoms with Crippen molar-refractivity contribution in [3.05, 3.63) is 12.2 Å². The van der Waals surface area contributed by atoms with Gasteiger partial charge < -0.3 is 9.47 Å². The van der Waals surface area contributed by atoms with E-state index in [4.69, 9.17) is 4.74 Å². The molecule has 0 amide bonds. The van der Waals surface area contributed by atoms with Crippen molar-refractivity contribution in [1.82, 2.24) is 0 Å². The summed E-state index contributed by atoms with van der Waals surface area (Å²) in [5, 5.41) is 0. The Hall–Kier alpha value is -1.32. The maximum absolute atomic E-state index is 11.0. The molecule has 14 heavy (non-hydrogen) atoms. The Morgan fingerprint density at radius 3 is 2.93 bits per heavy atom. The SMILES string of the molecule is CC/C=C/CC(=O)OCC1CC(=O)O1. The lowest BCUT2D eigenvalue weighted by Gasteiger charge is -2.24. The maximum Gasteiger partial charge on any atom is 0.310 e. The van der Waals surface area contributed by atoms with Gasteiger partial charge in [0, 0.05) is 0 Å². The quantitative estimate of drug-likeness (QED) is 0.492. The number of carbonyl (C=O) groups excluding carboxylic acids is 2. The van der Waals surface area contributed by atoms with Crippen molar-refractivity contribution in [3.8, 4) is 0 Å². The summed E-state index contributed by atoms with van der Waals surface area (Å²) in [6, 6.07) is 0. The number of carbonyl (C=O) groups is 2. The van der Waals surface area contributed by atoms with Gasteiger partial charge in [0.1, 0.15) is 12.7 Å². The van der Waals surface area contributed by atoms with Gasteiger partial charge in [0.15, 0.2) is 0 Å². The van der Waals surface area contributed by atoms with Crippen LogP contribution in [0.15, 0.2) is 12.2 Å². The molecule has 1 rings (SSSR count). The van der Waals surface area contributed by atoms with Gasteiger partial charge in [0.2, 0.25) is 0 Å². The second-order valence-corrected chi connectivity index (χ2v) is 3.08. The molecule has 4 heteroatoms. The smallest absolute Gasteiger partial charge is 0.310 e. The molecule has 0 aliphatic carbocycles. The van der Waals surface area contributed by atoms with E-state index in [1.54, 1.807) is 6.08 Å². The van der Waals surface area contributed by atoms with E-state index in [9.17, 15) is 9.59 Å². The molecule has 0 radical (unpaired) electrons. The predicted molar refractivity (Wildman–Crippen MR) is 49.5 cm³/mol. The number of cyclic esters (lactones) is 1. The van der Waals surface area contributed by atoms with Crippen molar-refractivity contribution in [1.29, 1.82) is 0 Å². The van der Waals surface area contributed by atoms with E-state index in [2.05, 4.69) is 4.74 Å². The lowest BCUT2D eigenvalue weighted by Crippen LogP contribution is -2.37. The Bertz CT molecular complexity index is 237. The first-order valence-electron chi connectivity index (χ1n) is 4.72. The van der Waals surface area contributed by atoms with Crippen LogP contribution in [0.3, 0.4) is 0 Å². The zero-order valence-corrected chi connectivity index (χ0v) is 8.19. The maximum atomic E-state index is 11.0. The van der Waals surface area contributed by atoms with Crippen LogP contribution in [0.1, 0.15) is 26.2 Å². The van der Waals surface area contributed by atoms with Gasteiger partial charge in [-0.15, -0.1) is 0 Å². The monoisotopic (exact) mass is 198 g/mol. The highest BCUT2D eigenvalue weighted by atomic mass is 16.6. The number of ether oxygens (including phenoxy) is 2. The second kappa shape index (κ2) is 5.42. The van der Waals surface area contributed by atoms with Gasteiger partial charge in [-0.1, -0.05) is 19.1 Å². The molecule has 0 aromatic heterocycles. The highest BCUT2D eigenvalue weighted by Gasteiger charge is 2.29. The largest absolute Gasteiger partial charge is 0.461 e. The van der Waals surface area contributed by atoms with E-state index >= 15 is 0 Å². The molecule has 78 valence electrons. The molecule has 1 aliphatic rings. The lowest BCUT2D eigenvalue weighted by atomic mass is 10.2. The molecule has 0 N–H and O–H groups in total. The van der Waals surface area contributed by atoms with Gasteiger partial charge in [0.05, 0.1) is 12.8 Å². The summed E-state index contributed by atoms with van der Waals surface area (Å²) in [5.74, 6) is -0.505. The van der Waals surface area contributed by atoms with E-state index in [1.165, 1.54) is 0 Å². The first kappa shape index (κ1) is 10.8. The van der Waals surface area contributed by atoms with Gasteiger partial charge in [-0.2, -0.15) is 0 Å². The van der Waals surface area contributed by atoms with Crippen molar-refractivity contribution in [3.63, 3.8) is 0 Å². The third kappa shape index (κ3) is 3.60. The summed E-state index contributed by atoms with van der Waals surface area (Å²) in [6.45, 7) is 2.18. The number of esters is 2. The molecule has 1 aliphatic heterocycles. The summed E-state index contributed by atoms with van der Waals surface area (Å²) in [7, 11) is 0. The first-order valence-corrected chi connectivity index (χ1v) is 4.72. The molecule has 1 fully saturated rings. The fourth-order valence-electron chi connectivity index (χ4n) is 1.05. The number of allylic oxidation sites excluding steroid dienone is 1. The minimum atomic E-state index is -0.280. The molecule has 0 aromatic rings. The Kier molecular flexibility index (Phi) is 4.16. The van der Waals surface area contributed by atoms with Crippen LogP contribution in [0.2, 0.25) is 0 Å². The number of hydrogen-bond acceptors (Lipinski definition) is 4. The number of hydrogen-bond donors (Lipinski definition) is 0. The molecular weight excluding hydrogens is 184 g/mol. The van der Waals surface area contributed by atoms with Crippen LogP contribution in [0, 0.1) is 0 Å². The van der Waals surface area contributed by atoms with E-state index in [1.807, 2.05) is 13.0 Å². The predicted octanol–water partition coefficient (Wildman–Crippen LogP) is 1.20. The van der Waals surface area contributed by atoms with Crippen LogP contribution < -0.4 is 0 Å². The third-order valence-electron chi connectivity index (χ3n) is 1.81. The molecule has 0 bridgehead atoms. The molecule has 1 unspecified atom stereocenters. The van der Waals surface area contributed by atoms with E-state index in [-0.39, 0.29) is 31.1 Å². The fraction of sp³-hybridized carbons (Fsp3) is 0.600. The van der Waals surface area contributed by atoms with Gasteiger partial charge in [-0.25, -0.2) is 0 Å². The Labute approximate surface area is 82.9 Å². The molecule has 1 heterocycles. The lowest BCUT2D eigenvalue weighted by molar-refractivity contribution is -0.178. The van der Waals surface area contributed by atoms with Crippen molar-refractivity contribution in [2.45, 2.75) is 32.3 Å². The highest BCUT2D eigenvalue weighted by Crippen LogP contribution is 2.13. The van der Waals surface area contributed by atoms with Crippen molar-refractivity contribution < 1.29 is 19.1 Å². The standard InChI is InChI=1S/C10H14O4/c1-2-3-4-5-9(11)13-7-8-6-10(12)14-8/h3-4,8H,2,5-7H2,1H3/b4-3+. The van der Waals surface area contributed by atoms with Gasteiger partial charge >= 0.3 is 11.9 Å². The molecule has 1 saturated heterocycles. The Balaban J connectivity index is 2.03. The molecular formula is C10H14O4. The van der Waals surface area contributed by atoms with Gasteiger partial charge in [-0.05, 0) is 6.42 Å². The van der Waals surface area contributed by atoms with Crippen LogP contribution in [0.25, 0.3) is 0 Å². The number of rotatable bonds is 5. The van der Waals surface area contributed by atoms with Crippen LogP contribution in [0.4, 0.5) is 0 Å². The summed E-state index contributed by atoms with van der Waals surface area (Å²) < 4.78 is 9.55. The summed E-state index contributed by atoms with van der Waals surface area (Å²) in [4.78, 5) is 21.4. The zero-order valence-electron chi connectivity index (χ0n) is 8.19. The Morgan fingerprint density at radius 1 is 1.64 bits per heavy atom. The minimum absolute atomic E-state index is 0.185. The molecule has 0 aromatic carbocycles. The van der Waals surface area contributed by atoms with Gasteiger partial charge in [0.25, 0.3) is 0 Å². The summed E-state index contributed by atoms with van der Waals surface area (Å²) in [6.07, 6.45) is 5.02. The Morgan fingerprint density at radius 2 is 2.36 bits per heavy atom.